The second-order valence-corrected chi connectivity index (χ2v) is 7.58. The highest BCUT2D eigenvalue weighted by Gasteiger charge is 2.39. The van der Waals surface area contributed by atoms with Gasteiger partial charge in [0.15, 0.2) is 5.78 Å². The maximum absolute atomic E-state index is 13.0. The molecule has 4 rings (SSSR count). The molecule has 0 radical (unpaired) electrons. The fourth-order valence-electron chi connectivity index (χ4n) is 4.01. The van der Waals surface area contributed by atoms with Gasteiger partial charge in [0.1, 0.15) is 0 Å². The molecule has 1 heterocycles. The summed E-state index contributed by atoms with van der Waals surface area (Å²) < 4.78 is 0. The molecule has 1 aliphatic heterocycles. The molecule has 2 aliphatic rings. The van der Waals surface area contributed by atoms with Gasteiger partial charge in [-0.25, -0.2) is 0 Å². The molecular formula is C21H17Cl2NO2. The fraction of sp³-hybridized carbons (Fsp3) is 0.238. The Bertz CT molecular complexity index is 935. The lowest BCUT2D eigenvalue weighted by Gasteiger charge is -2.35. The summed E-state index contributed by atoms with van der Waals surface area (Å²) in [4.78, 5) is 25.3. The smallest absolute Gasteiger partial charge is 0.225 e. The third kappa shape index (κ3) is 3.06. The number of amides is 1. The number of nitrogens with one attached hydrogen (secondary N) is 1. The van der Waals surface area contributed by atoms with Gasteiger partial charge in [0.2, 0.25) is 5.91 Å². The summed E-state index contributed by atoms with van der Waals surface area (Å²) in [6.07, 6.45) is 1.22. The number of rotatable bonds is 2. The molecule has 0 aromatic heterocycles. The molecule has 0 bridgehead atoms. The van der Waals surface area contributed by atoms with E-state index in [-0.39, 0.29) is 29.9 Å². The van der Waals surface area contributed by atoms with Crippen LogP contribution in [0.4, 0.5) is 0 Å². The molecule has 1 aliphatic carbocycles. The number of halogens is 2. The van der Waals surface area contributed by atoms with Crippen LogP contribution in [0.2, 0.25) is 10.0 Å². The van der Waals surface area contributed by atoms with Crippen molar-refractivity contribution in [2.24, 2.45) is 0 Å². The van der Waals surface area contributed by atoms with Crippen LogP contribution in [0.5, 0.6) is 0 Å². The molecule has 132 valence electrons. The second kappa shape index (κ2) is 6.90. The zero-order valence-corrected chi connectivity index (χ0v) is 15.5. The SMILES string of the molecule is O=C1C[C@@H](c2ccccc2Cl)C2=C(C[C@H](c3ccccc3Cl)CC2=O)N1. The largest absolute Gasteiger partial charge is 0.329 e. The van der Waals surface area contributed by atoms with E-state index in [1.54, 1.807) is 6.07 Å². The lowest BCUT2D eigenvalue weighted by atomic mass is 9.73. The van der Waals surface area contributed by atoms with Crippen molar-refractivity contribution in [3.63, 3.8) is 0 Å². The minimum Gasteiger partial charge on any atom is -0.329 e. The highest BCUT2D eigenvalue weighted by atomic mass is 35.5. The molecule has 0 saturated heterocycles. The zero-order chi connectivity index (χ0) is 18.3. The van der Waals surface area contributed by atoms with E-state index in [1.807, 2.05) is 42.5 Å². The molecule has 0 fully saturated rings. The number of carbonyl (C=O) groups excluding carboxylic acids is 2. The molecular weight excluding hydrogens is 369 g/mol. The first kappa shape index (κ1) is 17.3. The van der Waals surface area contributed by atoms with Crippen molar-refractivity contribution in [3.8, 4) is 0 Å². The number of benzene rings is 2. The molecule has 5 heteroatoms. The van der Waals surface area contributed by atoms with Gasteiger partial charge in [-0.15, -0.1) is 0 Å². The number of carbonyl (C=O) groups is 2. The van der Waals surface area contributed by atoms with E-state index in [0.29, 0.717) is 34.2 Å². The molecule has 1 N–H and O–H groups in total. The second-order valence-electron chi connectivity index (χ2n) is 6.77. The molecule has 0 saturated carbocycles. The summed E-state index contributed by atoms with van der Waals surface area (Å²) in [6.45, 7) is 0. The van der Waals surface area contributed by atoms with Crippen LogP contribution in [-0.4, -0.2) is 11.7 Å². The van der Waals surface area contributed by atoms with Crippen LogP contribution in [0.1, 0.15) is 42.2 Å². The molecule has 26 heavy (non-hydrogen) atoms. The highest BCUT2D eigenvalue weighted by Crippen LogP contribution is 2.44. The van der Waals surface area contributed by atoms with Gasteiger partial charge < -0.3 is 5.32 Å². The maximum Gasteiger partial charge on any atom is 0.225 e. The Labute approximate surface area is 162 Å². The Morgan fingerprint density at radius 3 is 2.08 bits per heavy atom. The van der Waals surface area contributed by atoms with Gasteiger partial charge in [-0.3, -0.25) is 9.59 Å². The predicted molar refractivity (Wildman–Crippen MR) is 102 cm³/mol. The minimum atomic E-state index is -0.285. The Balaban J connectivity index is 1.76. The van der Waals surface area contributed by atoms with Gasteiger partial charge in [0, 0.05) is 40.1 Å². The topological polar surface area (TPSA) is 46.2 Å². The number of ketones is 1. The van der Waals surface area contributed by atoms with E-state index < -0.39 is 0 Å². The van der Waals surface area contributed by atoms with E-state index in [1.165, 1.54) is 0 Å². The first-order valence-corrected chi connectivity index (χ1v) is 9.35. The Hall–Kier alpha value is -2.10. The van der Waals surface area contributed by atoms with Gasteiger partial charge in [-0.2, -0.15) is 0 Å². The van der Waals surface area contributed by atoms with E-state index in [2.05, 4.69) is 5.32 Å². The summed E-state index contributed by atoms with van der Waals surface area (Å²) in [5, 5.41) is 4.16. The van der Waals surface area contributed by atoms with Crippen LogP contribution in [0.25, 0.3) is 0 Å². The number of hydrogen-bond acceptors (Lipinski definition) is 2. The average molecular weight is 386 g/mol. The zero-order valence-electron chi connectivity index (χ0n) is 14.0. The lowest BCUT2D eigenvalue weighted by Crippen LogP contribution is -2.38. The monoisotopic (exact) mass is 385 g/mol. The molecule has 0 spiro atoms. The van der Waals surface area contributed by atoms with Gasteiger partial charge in [0.05, 0.1) is 0 Å². The third-order valence-corrected chi connectivity index (χ3v) is 5.85. The van der Waals surface area contributed by atoms with E-state index in [9.17, 15) is 9.59 Å². The van der Waals surface area contributed by atoms with Crippen LogP contribution in [0.3, 0.4) is 0 Å². The molecule has 2 aromatic rings. The summed E-state index contributed by atoms with van der Waals surface area (Å²) in [6, 6.07) is 15.0. The summed E-state index contributed by atoms with van der Waals surface area (Å²) in [5.74, 6) is -0.338. The van der Waals surface area contributed by atoms with Gasteiger partial charge >= 0.3 is 0 Å². The Kier molecular flexibility index (Phi) is 4.60. The summed E-state index contributed by atoms with van der Waals surface area (Å²) in [5.41, 5.74) is 3.19. The van der Waals surface area contributed by atoms with E-state index in [4.69, 9.17) is 23.2 Å². The highest BCUT2D eigenvalue weighted by molar-refractivity contribution is 6.32. The first-order valence-electron chi connectivity index (χ1n) is 8.59. The molecule has 2 aromatic carbocycles. The van der Waals surface area contributed by atoms with Gasteiger partial charge in [-0.05, 0) is 35.6 Å². The molecule has 1 amide bonds. The molecule has 2 atom stereocenters. The van der Waals surface area contributed by atoms with Crippen molar-refractivity contribution >= 4 is 34.9 Å². The van der Waals surface area contributed by atoms with Crippen molar-refractivity contribution < 1.29 is 9.59 Å². The predicted octanol–water partition coefficient (Wildman–Crippen LogP) is 5.00. The van der Waals surface area contributed by atoms with Crippen LogP contribution < -0.4 is 5.32 Å². The van der Waals surface area contributed by atoms with Crippen molar-refractivity contribution in [1.82, 2.24) is 5.32 Å². The maximum atomic E-state index is 13.0. The van der Waals surface area contributed by atoms with E-state index >= 15 is 0 Å². The lowest BCUT2D eigenvalue weighted by molar-refractivity contribution is -0.122. The van der Waals surface area contributed by atoms with Crippen LogP contribution in [0, 0.1) is 0 Å². The minimum absolute atomic E-state index is 0.0276. The Morgan fingerprint density at radius 2 is 1.42 bits per heavy atom. The normalized spacial score (nSPS) is 22.8. The van der Waals surface area contributed by atoms with E-state index in [0.717, 1.165) is 11.1 Å². The van der Waals surface area contributed by atoms with Gasteiger partial charge in [0.25, 0.3) is 0 Å². The summed E-state index contributed by atoms with van der Waals surface area (Å²) >= 11 is 12.7. The first-order chi connectivity index (χ1) is 12.5. The van der Waals surface area contributed by atoms with Crippen molar-refractivity contribution in [2.75, 3.05) is 0 Å². The third-order valence-electron chi connectivity index (χ3n) is 5.16. The quantitative estimate of drug-likeness (QED) is 0.790. The molecule has 3 nitrogen and oxygen atoms in total. The molecule has 0 unspecified atom stereocenters. The van der Waals surface area contributed by atoms with Crippen molar-refractivity contribution in [2.45, 2.75) is 31.1 Å². The van der Waals surface area contributed by atoms with Gasteiger partial charge in [-0.1, -0.05) is 59.6 Å². The number of hydrogen-bond donors (Lipinski definition) is 1. The average Bonchev–Trinajstić information content (AvgIpc) is 2.61. The van der Waals surface area contributed by atoms with Crippen molar-refractivity contribution in [1.29, 1.82) is 0 Å². The number of allylic oxidation sites excluding steroid dienone is 2. The van der Waals surface area contributed by atoms with Crippen LogP contribution in [0.15, 0.2) is 59.8 Å². The fourth-order valence-corrected chi connectivity index (χ4v) is 4.57. The van der Waals surface area contributed by atoms with Crippen molar-refractivity contribution in [3.05, 3.63) is 81.0 Å². The standard InChI is InChI=1S/C21H17Cl2NO2/c22-16-7-3-1-5-13(16)12-9-18-21(19(25)10-12)15(11-20(26)24-18)14-6-2-4-8-17(14)23/h1-8,12,15H,9-11H2,(H,24,26)/t12-,15-/m0/s1. The Morgan fingerprint density at radius 1 is 0.808 bits per heavy atom. The number of Topliss-reactive ketones (excluding diaryl/α,β-unsaturated/α-hetero) is 1. The summed E-state index contributed by atoms with van der Waals surface area (Å²) in [7, 11) is 0. The van der Waals surface area contributed by atoms with Crippen LogP contribution in [-0.2, 0) is 9.59 Å². The van der Waals surface area contributed by atoms with Crippen LogP contribution >= 0.6 is 23.2 Å².